The van der Waals surface area contributed by atoms with Gasteiger partial charge in [0.1, 0.15) is 6.61 Å². The monoisotopic (exact) mass is 367 g/mol. The highest BCUT2D eigenvalue weighted by molar-refractivity contribution is 6.78. The smallest absolute Gasteiger partial charge is 0.407 e. The summed E-state index contributed by atoms with van der Waals surface area (Å²) >= 11 is 0. The van der Waals surface area contributed by atoms with Crippen molar-refractivity contribution in [2.75, 3.05) is 6.61 Å². The van der Waals surface area contributed by atoms with E-state index >= 15 is 0 Å². The number of amides is 1. The third-order valence-electron chi connectivity index (χ3n) is 5.65. The molecule has 0 spiro atoms. The molecule has 1 aliphatic heterocycles. The molecule has 2 aromatic carbocycles. The molecule has 0 saturated carbocycles. The first-order valence-electron chi connectivity index (χ1n) is 9.24. The molecule has 4 rings (SSSR count). The summed E-state index contributed by atoms with van der Waals surface area (Å²) in [5.74, 6) is 0.0625. The molecule has 1 aliphatic carbocycles. The van der Waals surface area contributed by atoms with E-state index in [-0.39, 0.29) is 12.0 Å². The predicted molar refractivity (Wildman–Crippen MR) is 105 cm³/mol. The third kappa shape index (κ3) is 3.17. The van der Waals surface area contributed by atoms with Crippen molar-refractivity contribution in [1.29, 1.82) is 0 Å². The maximum absolute atomic E-state index is 12.3. The fraction of sp³-hybridized carbons (Fsp3) is 0.381. The molecule has 1 saturated heterocycles. The van der Waals surface area contributed by atoms with Crippen molar-refractivity contribution in [3.05, 3.63) is 59.7 Å². The Labute approximate surface area is 155 Å². The van der Waals surface area contributed by atoms with Crippen LogP contribution in [0.25, 0.3) is 11.1 Å². The van der Waals surface area contributed by atoms with Gasteiger partial charge in [0.15, 0.2) is 0 Å². The maximum Gasteiger partial charge on any atom is 0.407 e. The fourth-order valence-corrected chi connectivity index (χ4v) is 7.61. The molecule has 1 heterocycles. The highest BCUT2D eigenvalue weighted by Crippen LogP contribution is 2.44. The lowest BCUT2D eigenvalue weighted by Gasteiger charge is -2.19. The molecule has 1 fully saturated rings. The highest BCUT2D eigenvalue weighted by Gasteiger charge is 2.40. The van der Waals surface area contributed by atoms with E-state index in [1.54, 1.807) is 0 Å². The minimum Gasteiger partial charge on any atom is -0.449 e. The van der Waals surface area contributed by atoms with E-state index in [1.807, 2.05) is 24.3 Å². The van der Waals surface area contributed by atoms with E-state index in [4.69, 9.17) is 4.74 Å². The van der Waals surface area contributed by atoms with Gasteiger partial charge in [-0.3, -0.25) is 0 Å². The van der Waals surface area contributed by atoms with Gasteiger partial charge in [0.25, 0.3) is 0 Å². The number of rotatable bonds is 3. The van der Waals surface area contributed by atoms with Gasteiger partial charge in [-0.2, -0.15) is 0 Å². The van der Waals surface area contributed by atoms with Crippen LogP contribution < -0.4 is 5.32 Å². The summed E-state index contributed by atoms with van der Waals surface area (Å²) < 4.78 is 5.57. The SMILES string of the molecule is C[Si]1(C)C[C@@H](O)[C@H](NC(=O)OCC2c3ccccc3-c3ccccc32)C1. The standard InChI is InChI=1S/C21H25NO3Si/c1-26(2)12-19(20(23)13-26)22-21(24)25-11-18-16-9-5-3-7-14(16)15-8-4-6-10-17(15)18/h3-10,18-20,23H,11-13H2,1-2H3,(H,22,24)/t19-,20-/m1/s1. The summed E-state index contributed by atoms with van der Waals surface area (Å²) in [6.45, 7) is 4.80. The Morgan fingerprint density at radius 3 is 2.19 bits per heavy atom. The molecule has 0 unspecified atom stereocenters. The fourth-order valence-electron chi connectivity index (χ4n) is 4.46. The molecule has 2 aliphatic rings. The molecular formula is C21H25NO3Si. The second kappa shape index (κ2) is 6.56. The topological polar surface area (TPSA) is 58.6 Å². The zero-order chi connectivity index (χ0) is 18.3. The van der Waals surface area contributed by atoms with Gasteiger partial charge < -0.3 is 15.2 Å². The normalized spacial score (nSPS) is 23.3. The molecule has 0 bridgehead atoms. The van der Waals surface area contributed by atoms with Crippen LogP contribution in [0.3, 0.4) is 0 Å². The third-order valence-corrected chi connectivity index (χ3v) is 8.71. The van der Waals surface area contributed by atoms with Crippen LogP contribution >= 0.6 is 0 Å². The van der Waals surface area contributed by atoms with Crippen molar-refractivity contribution in [1.82, 2.24) is 5.32 Å². The largest absolute Gasteiger partial charge is 0.449 e. The summed E-state index contributed by atoms with van der Waals surface area (Å²) in [7, 11) is -1.40. The lowest BCUT2D eigenvalue weighted by molar-refractivity contribution is 0.120. The zero-order valence-electron chi connectivity index (χ0n) is 15.2. The van der Waals surface area contributed by atoms with Gasteiger partial charge in [-0.25, -0.2) is 4.79 Å². The molecule has 136 valence electrons. The van der Waals surface area contributed by atoms with Gasteiger partial charge in [-0.15, -0.1) is 0 Å². The molecule has 0 aromatic heterocycles. The van der Waals surface area contributed by atoms with E-state index in [0.29, 0.717) is 6.61 Å². The summed E-state index contributed by atoms with van der Waals surface area (Å²) in [5.41, 5.74) is 4.85. The number of carbonyl (C=O) groups excluding carboxylic acids is 1. The first-order chi connectivity index (χ1) is 12.4. The minimum absolute atomic E-state index is 0.0625. The number of nitrogens with one attached hydrogen (secondary N) is 1. The number of aliphatic hydroxyl groups is 1. The van der Waals surface area contributed by atoms with E-state index < -0.39 is 20.3 Å². The highest BCUT2D eigenvalue weighted by atomic mass is 28.3. The number of hydrogen-bond donors (Lipinski definition) is 2. The lowest BCUT2D eigenvalue weighted by Crippen LogP contribution is -2.40. The average Bonchev–Trinajstić information content (AvgIpc) is 3.06. The van der Waals surface area contributed by atoms with Gasteiger partial charge in [-0.1, -0.05) is 61.6 Å². The number of fused-ring (bicyclic) bond motifs is 3. The van der Waals surface area contributed by atoms with Gasteiger partial charge in [0.2, 0.25) is 0 Å². The van der Waals surface area contributed by atoms with E-state index in [2.05, 4.69) is 42.7 Å². The van der Waals surface area contributed by atoms with E-state index in [1.165, 1.54) is 22.3 Å². The first-order valence-corrected chi connectivity index (χ1v) is 12.7. The van der Waals surface area contributed by atoms with Crippen molar-refractivity contribution in [3.63, 3.8) is 0 Å². The molecule has 26 heavy (non-hydrogen) atoms. The number of alkyl carbamates (subject to hydrolysis) is 1. The molecule has 1 amide bonds. The van der Waals surface area contributed by atoms with Crippen molar-refractivity contribution < 1.29 is 14.6 Å². The van der Waals surface area contributed by atoms with Crippen LogP contribution in [0.5, 0.6) is 0 Å². The molecule has 2 N–H and O–H groups in total. The number of hydrogen-bond acceptors (Lipinski definition) is 3. The Morgan fingerprint density at radius 2 is 1.65 bits per heavy atom. The van der Waals surface area contributed by atoms with Crippen LogP contribution in [0.1, 0.15) is 17.0 Å². The van der Waals surface area contributed by atoms with Crippen LogP contribution in [0, 0.1) is 0 Å². The second-order valence-corrected chi connectivity index (χ2v) is 13.4. The molecule has 4 nitrogen and oxygen atoms in total. The van der Waals surface area contributed by atoms with Crippen LogP contribution in [-0.4, -0.2) is 38.0 Å². The van der Waals surface area contributed by atoms with Crippen LogP contribution in [0.4, 0.5) is 4.79 Å². The number of aliphatic hydroxyl groups excluding tert-OH is 1. The van der Waals surface area contributed by atoms with Gasteiger partial charge >= 0.3 is 6.09 Å². The van der Waals surface area contributed by atoms with Crippen molar-refractivity contribution in [2.45, 2.75) is 43.2 Å². The van der Waals surface area contributed by atoms with E-state index in [0.717, 1.165) is 12.1 Å². The van der Waals surface area contributed by atoms with Crippen molar-refractivity contribution in [3.8, 4) is 11.1 Å². The number of benzene rings is 2. The Morgan fingerprint density at radius 1 is 1.08 bits per heavy atom. The van der Waals surface area contributed by atoms with Crippen LogP contribution in [0.15, 0.2) is 48.5 Å². The molecule has 2 aromatic rings. The number of ether oxygens (including phenoxy) is 1. The Balaban J connectivity index is 1.44. The van der Waals surface area contributed by atoms with Gasteiger partial charge in [0, 0.05) is 5.92 Å². The number of carbonyl (C=O) groups is 1. The zero-order valence-corrected chi connectivity index (χ0v) is 16.2. The maximum atomic E-state index is 12.3. The summed E-state index contributed by atoms with van der Waals surface area (Å²) in [6.07, 6.45) is -0.875. The summed E-state index contributed by atoms with van der Waals surface area (Å²) in [6, 6.07) is 18.2. The Hall–Kier alpha value is -2.11. The molecule has 5 heteroatoms. The van der Waals surface area contributed by atoms with Gasteiger partial charge in [-0.05, 0) is 34.3 Å². The summed E-state index contributed by atoms with van der Waals surface area (Å²) in [5, 5.41) is 13.1. The van der Waals surface area contributed by atoms with Crippen molar-refractivity contribution >= 4 is 14.2 Å². The molecular weight excluding hydrogens is 342 g/mol. The van der Waals surface area contributed by atoms with E-state index in [9.17, 15) is 9.90 Å². The Kier molecular flexibility index (Phi) is 4.37. The predicted octanol–water partition coefficient (Wildman–Crippen LogP) is 3.98. The van der Waals surface area contributed by atoms with Crippen molar-refractivity contribution in [2.24, 2.45) is 0 Å². The minimum atomic E-state index is -1.40. The lowest BCUT2D eigenvalue weighted by atomic mass is 9.98. The van der Waals surface area contributed by atoms with Crippen LogP contribution in [0.2, 0.25) is 25.2 Å². The van der Waals surface area contributed by atoms with Crippen LogP contribution in [-0.2, 0) is 4.74 Å². The summed E-state index contributed by atoms with van der Waals surface area (Å²) in [4.78, 5) is 12.3. The average molecular weight is 368 g/mol. The first kappa shape index (κ1) is 17.3. The quantitative estimate of drug-likeness (QED) is 0.807. The Bertz CT molecular complexity index is 790. The molecule has 0 radical (unpaired) electrons. The van der Waals surface area contributed by atoms with Gasteiger partial charge in [0.05, 0.1) is 20.2 Å². The second-order valence-electron chi connectivity index (χ2n) is 8.22. The molecule has 2 atom stereocenters.